The molecule has 0 saturated carbocycles. The molecule has 3 rings (SSSR count). The molecule has 0 spiro atoms. The van der Waals surface area contributed by atoms with Crippen LogP contribution in [0.1, 0.15) is 10.4 Å². The molecule has 2 aromatic heterocycles. The fourth-order valence-electron chi connectivity index (χ4n) is 1.59. The van der Waals surface area contributed by atoms with E-state index in [1.165, 1.54) is 18.5 Å². The average Bonchev–Trinajstić information content (AvgIpc) is 2.81. The largest absolute Gasteiger partial charge is 0.478 e. The van der Waals surface area contributed by atoms with Crippen LogP contribution >= 0.6 is 0 Å². The number of carbonyl (C=O) groups is 1. The monoisotopic (exact) mass is 256 g/mol. The van der Waals surface area contributed by atoms with Crippen molar-refractivity contribution in [3.8, 4) is 11.8 Å². The maximum Gasteiger partial charge on any atom is 0.400 e. The predicted molar refractivity (Wildman–Crippen MR) is 65.3 cm³/mol. The summed E-state index contributed by atoms with van der Waals surface area (Å²) < 4.78 is 10.7. The third-order valence-electron chi connectivity index (χ3n) is 2.44. The van der Waals surface area contributed by atoms with Gasteiger partial charge in [-0.3, -0.25) is 4.98 Å². The Morgan fingerprint density at radius 2 is 2.11 bits per heavy atom. The average molecular weight is 256 g/mol. The molecule has 1 N–H and O–H groups in total. The Morgan fingerprint density at radius 3 is 2.89 bits per heavy atom. The molecule has 6 nitrogen and oxygen atoms in total. The van der Waals surface area contributed by atoms with Gasteiger partial charge in [0.25, 0.3) is 0 Å². The van der Waals surface area contributed by atoms with Gasteiger partial charge in [-0.25, -0.2) is 4.79 Å². The zero-order chi connectivity index (χ0) is 13.2. The molecule has 0 bridgehead atoms. The van der Waals surface area contributed by atoms with Crippen LogP contribution in [-0.2, 0) is 0 Å². The van der Waals surface area contributed by atoms with Crippen molar-refractivity contribution in [2.75, 3.05) is 0 Å². The number of fused-ring (bicyclic) bond motifs is 1. The van der Waals surface area contributed by atoms with Crippen LogP contribution in [0.4, 0.5) is 0 Å². The van der Waals surface area contributed by atoms with Crippen LogP contribution < -0.4 is 4.74 Å². The second-order valence-electron chi connectivity index (χ2n) is 3.76. The van der Waals surface area contributed by atoms with Crippen LogP contribution in [0.3, 0.4) is 0 Å². The summed E-state index contributed by atoms with van der Waals surface area (Å²) in [6.07, 6.45) is 2.67. The second kappa shape index (κ2) is 4.41. The van der Waals surface area contributed by atoms with Gasteiger partial charge in [-0.2, -0.15) is 4.98 Å². The quantitative estimate of drug-likeness (QED) is 0.775. The van der Waals surface area contributed by atoms with Crippen LogP contribution in [0.5, 0.6) is 11.8 Å². The normalized spacial score (nSPS) is 10.5. The van der Waals surface area contributed by atoms with Gasteiger partial charge in [-0.15, -0.1) is 0 Å². The highest BCUT2D eigenvalue weighted by Gasteiger charge is 2.10. The van der Waals surface area contributed by atoms with Crippen LogP contribution in [0, 0.1) is 0 Å². The van der Waals surface area contributed by atoms with Crippen LogP contribution in [0.25, 0.3) is 11.1 Å². The molecule has 0 aliphatic rings. The van der Waals surface area contributed by atoms with E-state index >= 15 is 0 Å². The molecule has 1 aromatic carbocycles. The van der Waals surface area contributed by atoms with Gasteiger partial charge in [0.1, 0.15) is 5.52 Å². The number of carboxylic acid groups (broad SMARTS) is 1. The zero-order valence-electron chi connectivity index (χ0n) is 9.61. The van der Waals surface area contributed by atoms with Gasteiger partial charge in [-0.1, -0.05) is 12.1 Å². The van der Waals surface area contributed by atoms with Crippen molar-refractivity contribution in [3.05, 3.63) is 48.3 Å². The standard InChI is InChI=1S/C13H8N2O4/c16-12(17)8-5-9(7-14-6-8)18-13-15-10-3-1-2-4-11(10)19-13/h1-7H,(H,16,17). The summed E-state index contributed by atoms with van der Waals surface area (Å²) in [4.78, 5) is 18.7. The molecule has 94 valence electrons. The number of pyridine rings is 1. The SMILES string of the molecule is O=C(O)c1cncc(Oc2nc3ccccc3o2)c1. The Bertz CT molecular complexity index is 718. The lowest BCUT2D eigenvalue weighted by Gasteiger charge is -2.00. The smallest absolute Gasteiger partial charge is 0.400 e. The minimum Gasteiger partial charge on any atom is -0.478 e. The highest BCUT2D eigenvalue weighted by atomic mass is 16.6. The van der Waals surface area contributed by atoms with Gasteiger partial charge in [0.2, 0.25) is 0 Å². The van der Waals surface area contributed by atoms with E-state index in [9.17, 15) is 4.79 Å². The van der Waals surface area contributed by atoms with E-state index in [1.54, 1.807) is 12.1 Å². The van der Waals surface area contributed by atoms with Gasteiger partial charge < -0.3 is 14.3 Å². The lowest BCUT2D eigenvalue weighted by Crippen LogP contribution is -1.97. The number of carboxylic acids is 1. The van der Waals surface area contributed by atoms with E-state index < -0.39 is 5.97 Å². The van der Waals surface area contributed by atoms with E-state index in [4.69, 9.17) is 14.3 Å². The predicted octanol–water partition coefficient (Wildman–Crippen LogP) is 2.71. The fraction of sp³-hybridized carbons (Fsp3) is 0. The van der Waals surface area contributed by atoms with E-state index in [0.29, 0.717) is 11.1 Å². The van der Waals surface area contributed by atoms with Gasteiger partial charge >= 0.3 is 12.0 Å². The summed E-state index contributed by atoms with van der Waals surface area (Å²) in [6.45, 7) is 0. The molecular weight excluding hydrogens is 248 g/mol. The number of hydrogen-bond acceptors (Lipinski definition) is 5. The van der Waals surface area contributed by atoms with Crippen molar-refractivity contribution in [1.82, 2.24) is 9.97 Å². The number of aromatic carboxylic acids is 1. The molecule has 0 radical (unpaired) electrons. The van der Waals surface area contributed by atoms with Gasteiger partial charge in [0.15, 0.2) is 11.3 Å². The first-order valence-corrected chi connectivity index (χ1v) is 5.44. The summed E-state index contributed by atoms with van der Waals surface area (Å²) in [6, 6.07) is 8.56. The number of rotatable bonds is 3. The molecule has 3 aromatic rings. The van der Waals surface area contributed by atoms with Crippen LogP contribution in [0.2, 0.25) is 0 Å². The highest BCUT2D eigenvalue weighted by molar-refractivity contribution is 5.87. The molecule has 0 aliphatic heterocycles. The molecule has 0 amide bonds. The third kappa shape index (κ3) is 2.23. The number of hydrogen-bond donors (Lipinski definition) is 1. The van der Waals surface area contributed by atoms with Crippen molar-refractivity contribution >= 4 is 17.1 Å². The topological polar surface area (TPSA) is 85.5 Å². The minimum absolute atomic E-state index is 0.0358. The highest BCUT2D eigenvalue weighted by Crippen LogP contribution is 2.25. The minimum atomic E-state index is -1.07. The number of oxazole rings is 1. The molecule has 0 atom stereocenters. The van der Waals surface area contributed by atoms with E-state index in [1.807, 2.05) is 12.1 Å². The summed E-state index contributed by atoms with van der Waals surface area (Å²) in [5, 5.41) is 8.86. The number of aromatic nitrogens is 2. The summed E-state index contributed by atoms with van der Waals surface area (Å²) in [5.41, 5.74) is 1.30. The maximum absolute atomic E-state index is 10.8. The second-order valence-corrected chi connectivity index (χ2v) is 3.76. The van der Waals surface area contributed by atoms with Crippen molar-refractivity contribution in [2.45, 2.75) is 0 Å². The summed E-state index contributed by atoms with van der Waals surface area (Å²) in [7, 11) is 0. The van der Waals surface area contributed by atoms with E-state index in [-0.39, 0.29) is 17.4 Å². The Labute approximate surface area is 107 Å². The Morgan fingerprint density at radius 1 is 1.26 bits per heavy atom. The van der Waals surface area contributed by atoms with Crippen molar-refractivity contribution in [1.29, 1.82) is 0 Å². The number of nitrogens with zero attached hydrogens (tertiary/aromatic N) is 2. The van der Waals surface area contributed by atoms with E-state index in [2.05, 4.69) is 9.97 Å². The lowest BCUT2D eigenvalue weighted by molar-refractivity contribution is 0.0696. The number of ether oxygens (including phenoxy) is 1. The molecule has 0 fully saturated rings. The third-order valence-corrected chi connectivity index (χ3v) is 2.44. The van der Waals surface area contributed by atoms with Gasteiger partial charge in [-0.05, 0) is 18.2 Å². The zero-order valence-corrected chi connectivity index (χ0v) is 9.61. The summed E-state index contributed by atoms with van der Waals surface area (Å²) in [5.74, 6) is -0.818. The molecule has 0 unspecified atom stereocenters. The number of benzene rings is 1. The molecule has 0 aliphatic carbocycles. The van der Waals surface area contributed by atoms with Crippen molar-refractivity contribution in [3.63, 3.8) is 0 Å². The molecular formula is C13H8N2O4. The van der Waals surface area contributed by atoms with Crippen molar-refractivity contribution < 1.29 is 19.1 Å². The maximum atomic E-state index is 10.8. The lowest BCUT2D eigenvalue weighted by atomic mass is 10.3. The number of para-hydroxylation sites is 2. The first-order valence-electron chi connectivity index (χ1n) is 5.44. The van der Waals surface area contributed by atoms with Gasteiger partial charge in [0.05, 0.1) is 11.8 Å². The first-order chi connectivity index (χ1) is 9.22. The van der Waals surface area contributed by atoms with Gasteiger partial charge in [0, 0.05) is 6.20 Å². The molecule has 19 heavy (non-hydrogen) atoms. The van der Waals surface area contributed by atoms with Crippen LogP contribution in [-0.4, -0.2) is 21.0 Å². The Balaban J connectivity index is 1.92. The van der Waals surface area contributed by atoms with Crippen molar-refractivity contribution in [2.24, 2.45) is 0 Å². The van der Waals surface area contributed by atoms with E-state index in [0.717, 1.165) is 0 Å². The first kappa shape index (κ1) is 11.2. The molecule has 6 heteroatoms. The molecule has 0 saturated heterocycles. The molecule has 2 heterocycles. The van der Waals surface area contributed by atoms with Crippen LogP contribution in [0.15, 0.2) is 47.1 Å². The Kier molecular flexibility index (Phi) is 2.60. The fourth-order valence-corrected chi connectivity index (χ4v) is 1.59. The summed E-state index contributed by atoms with van der Waals surface area (Å²) >= 11 is 0. The Hall–Kier alpha value is -2.89.